The first-order chi connectivity index (χ1) is 20.8. The second-order valence-electron chi connectivity index (χ2n) is 10.1. The van der Waals surface area contributed by atoms with E-state index in [1.165, 1.54) is 12.1 Å². The van der Waals surface area contributed by atoms with Gasteiger partial charge < -0.3 is 49.1 Å². The van der Waals surface area contributed by atoms with Gasteiger partial charge in [0, 0.05) is 25.8 Å². The molecule has 4 amide bonds. The molecule has 0 radical (unpaired) electrons. The van der Waals surface area contributed by atoms with Crippen molar-refractivity contribution in [3.63, 3.8) is 0 Å². The van der Waals surface area contributed by atoms with Gasteiger partial charge in [-0.15, -0.1) is 0 Å². The molecule has 15 nitrogen and oxygen atoms in total. The molecule has 238 valence electrons. The molecule has 2 aromatic rings. The van der Waals surface area contributed by atoms with Crippen molar-refractivity contribution in [2.75, 3.05) is 6.54 Å². The van der Waals surface area contributed by atoms with E-state index in [0.29, 0.717) is 17.5 Å². The van der Waals surface area contributed by atoms with Crippen LogP contribution in [0.4, 0.5) is 0 Å². The summed E-state index contributed by atoms with van der Waals surface area (Å²) in [5.41, 5.74) is 23.1. The molecule has 44 heavy (non-hydrogen) atoms. The summed E-state index contributed by atoms with van der Waals surface area (Å²) in [7, 11) is 0. The van der Waals surface area contributed by atoms with Crippen molar-refractivity contribution in [3.05, 3.63) is 65.7 Å². The van der Waals surface area contributed by atoms with Crippen molar-refractivity contribution in [3.8, 4) is 5.75 Å². The van der Waals surface area contributed by atoms with Gasteiger partial charge in [-0.1, -0.05) is 42.5 Å². The van der Waals surface area contributed by atoms with Crippen LogP contribution < -0.4 is 38.9 Å². The number of nitrogens with two attached hydrogens (primary N) is 4. The molecule has 4 atom stereocenters. The molecule has 0 aromatic heterocycles. The standard InChI is InChI=1S/C29H40N8O7/c30-20(7-4-14-34-29(32)33)25(40)36-22(15-18-8-10-19(38)11-9-18)27(42)35-21(12-13-24(31)39)26(41)37-23(28(43)44)16-17-5-2-1-3-6-17/h1-3,5-6,8-11,20-23,38H,4,7,12-16,30H2,(H2,31,39)(H,35,42)(H,36,40)(H,37,41)(H,43,44)(H4,32,33,34). The zero-order chi connectivity index (χ0) is 32.6. The Hall–Kier alpha value is -5.18. The zero-order valence-corrected chi connectivity index (χ0v) is 24.1. The molecule has 0 aliphatic carbocycles. The van der Waals surface area contributed by atoms with E-state index >= 15 is 0 Å². The van der Waals surface area contributed by atoms with Gasteiger partial charge in [0.15, 0.2) is 5.96 Å². The van der Waals surface area contributed by atoms with Crippen molar-refractivity contribution >= 4 is 35.6 Å². The van der Waals surface area contributed by atoms with Crippen molar-refractivity contribution < 1.29 is 34.2 Å². The summed E-state index contributed by atoms with van der Waals surface area (Å²) in [5.74, 6) is -4.44. The Morgan fingerprint density at radius 2 is 1.27 bits per heavy atom. The molecule has 0 spiro atoms. The lowest BCUT2D eigenvalue weighted by Crippen LogP contribution is -2.58. The Labute approximate surface area is 254 Å². The summed E-state index contributed by atoms with van der Waals surface area (Å²) >= 11 is 0. The Morgan fingerprint density at radius 3 is 1.86 bits per heavy atom. The van der Waals surface area contributed by atoms with Crippen LogP contribution in [0.25, 0.3) is 0 Å². The number of nitrogens with one attached hydrogen (secondary N) is 3. The number of benzene rings is 2. The number of phenolic OH excluding ortho intramolecular Hbond substituents is 1. The smallest absolute Gasteiger partial charge is 0.326 e. The average molecular weight is 613 g/mol. The fourth-order valence-corrected chi connectivity index (χ4v) is 4.16. The molecule has 0 heterocycles. The summed E-state index contributed by atoms with van der Waals surface area (Å²) in [6.07, 6.45) is 0.00883. The second kappa shape index (κ2) is 17.7. The van der Waals surface area contributed by atoms with Crippen LogP contribution in [0.1, 0.15) is 36.8 Å². The number of amides is 4. The summed E-state index contributed by atoms with van der Waals surface area (Å²) in [5, 5.41) is 26.9. The van der Waals surface area contributed by atoms with E-state index in [2.05, 4.69) is 20.9 Å². The van der Waals surface area contributed by atoms with Crippen molar-refractivity contribution in [1.82, 2.24) is 16.0 Å². The van der Waals surface area contributed by atoms with Gasteiger partial charge in [0.05, 0.1) is 6.04 Å². The first-order valence-electron chi connectivity index (χ1n) is 13.9. The number of carbonyl (C=O) groups excluding carboxylic acids is 4. The number of guanidine groups is 1. The second-order valence-corrected chi connectivity index (χ2v) is 10.1. The Kier molecular flexibility index (Phi) is 14.1. The number of hydrogen-bond acceptors (Lipinski definition) is 8. The van der Waals surface area contributed by atoms with Crippen LogP contribution in [0.2, 0.25) is 0 Å². The van der Waals surface area contributed by atoms with Crippen molar-refractivity contribution in [2.45, 2.75) is 62.7 Å². The summed E-state index contributed by atoms with van der Waals surface area (Å²) < 4.78 is 0. The predicted molar refractivity (Wildman–Crippen MR) is 162 cm³/mol. The highest BCUT2D eigenvalue weighted by atomic mass is 16.4. The monoisotopic (exact) mass is 612 g/mol. The Balaban J connectivity index is 2.22. The maximum absolute atomic E-state index is 13.5. The SMILES string of the molecule is NC(=O)CCC(NC(=O)C(Cc1ccc(O)cc1)NC(=O)C(N)CCCN=C(N)N)C(=O)NC(Cc1ccccc1)C(=O)O. The number of primary amides is 1. The van der Waals surface area contributed by atoms with Gasteiger partial charge in [-0.2, -0.15) is 0 Å². The molecule has 0 saturated carbocycles. The van der Waals surface area contributed by atoms with Crippen LogP contribution in [-0.2, 0) is 36.8 Å². The third kappa shape index (κ3) is 12.8. The van der Waals surface area contributed by atoms with E-state index in [1.54, 1.807) is 42.5 Å². The largest absolute Gasteiger partial charge is 0.508 e. The number of rotatable bonds is 18. The maximum atomic E-state index is 13.5. The van der Waals surface area contributed by atoms with E-state index in [9.17, 15) is 34.2 Å². The lowest BCUT2D eigenvalue weighted by atomic mass is 10.0. The Bertz CT molecular complexity index is 1300. The average Bonchev–Trinajstić information content (AvgIpc) is 2.97. The van der Waals surface area contributed by atoms with Gasteiger partial charge in [0.2, 0.25) is 23.6 Å². The van der Waals surface area contributed by atoms with Crippen molar-refractivity contribution in [2.24, 2.45) is 27.9 Å². The molecule has 0 saturated heterocycles. The number of carbonyl (C=O) groups is 5. The van der Waals surface area contributed by atoms with E-state index in [-0.39, 0.29) is 50.4 Å². The van der Waals surface area contributed by atoms with E-state index in [4.69, 9.17) is 22.9 Å². The third-order valence-electron chi connectivity index (χ3n) is 6.52. The van der Waals surface area contributed by atoms with E-state index < -0.39 is 53.8 Å². The molecule has 15 heteroatoms. The molecule has 2 aromatic carbocycles. The first kappa shape index (κ1) is 35.0. The third-order valence-corrected chi connectivity index (χ3v) is 6.52. The van der Waals surface area contributed by atoms with Gasteiger partial charge in [-0.3, -0.25) is 24.2 Å². The normalized spacial score (nSPS) is 13.4. The van der Waals surface area contributed by atoms with Crippen LogP contribution in [0.3, 0.4) is 0 Å². The predicted octanol–water partition coefficient (Wildman–Crippen LogP) is -1.64. The summed E-state index contributed by atoms with van der Waals surface area (Å²) in [6.45, 7) is 0.249. The lowest BCUT2D eigenvalue weighted by Gasteiger charge is -2.25. The van der Waals surface area contributed by atoms with Crippen LogP contribution >= 0.6 is 0 Å². The molecule has 0 aliphatic rings. The topological polar surface area (TPSA) is 278 Å². The first-order valence-corrected chi connectivity index (χ1v) is 13.9. The van der Waals surface area contributed by atoms with Crippen LogP contribution in [0.15, 0.2) is 59.6 Å². The molecule has 0 aliphatic heterocycles. The van der Waals surface area contributed by atoms with E-state index in [0.717, 1.165) is 0 Å². The quantitative estimate of drug-likeness (QED) is 0.0526. The molecule has 0 fully saturated rings. The number of phenols is 1. The zero-order valence-electron chi connectivity index (χ0n) is 24.1. The number of aliphatic imine (C=N–C) groups is 1. The number of aliphatic carboxylic acids is 1. The van der Waals surface area contributed by atoms with E-state index in [1.807, 2.05) is 0 Å². The van der Waals surface area contributed by atoms with Crippen molar-refractivity contribution in [1.29, 1.82) is 0 Å². The highest BCUT2D eigenvalue weighted by Gasteiger charge is 2.31. The molecule has 13 N–H and O–H groups in total. The fraction of sp³-hybridized carbons (Fsp3) is 0.379. The summed E-state index contributed by atoms with van der Waals surface area (Å²) in [6, 6.07) is 9.60. The van der Waals surface area contributed by atoms with Gasteiger partial charge in [0.1, 0.15) is 23.9 Å². The number of hydrogen-bond donors (Lipinski definition) is 9. The molecular weight excluding hydrogens is 572 g/mol. The number of aromatic hydroxyl groups is 1. The number of carboxylic acid groups (broad SMARTS) is 1. The van der Waals surface area contributed by atoms with Gasteiger partial charge in [0.25, 0.3) is 0 Å². The Morgan fingerprint density at radius 1 is 0.727 bits per heavy atom. The molecule has 2 rings (SSSR count). The van der Waals surface area contributed by atoms with Crippen LogP contribution in [-0.4, -0.2) is 76.5 Å². The van der Waals surface area contributed by atoms with Crippen LogP contribution in [0.5, 0.6) is 5.75 Å². The number of nitrogens with zero attached hydrogens (tertiary/aromatic N) is 1. The highest BCUT2D eigenvalue weighted by Crippen LogP contribution is 2.13. The van der Waals surface area contributed by atoms with Gasteiger partial charge in [-0.25, -0.2) is 4.79 Å². The van der Waals surface area contributed by atoms with Gasteiger partial charge in [-0.05, 0) is 42.5 Å². The van der Waals surface area contributed by atoms with Gasteiger partial charge >= 0.3 is 5.97 Å². The minimum absolute atomic E-state index is 0.00624. The minimum Gasteiger partial charge on any atom is -0.508 e. The maximum Gasteiger partial charge on any atom is 0.326 e. The molecule has 0 bridgehead atoms. The highest BCUT2D eigenvalue weighted by molar-refractivity contribution is 5.94. The number of carboxylic acids is 1. The molecular formula is C29H40N8O7. The molecule has 4 unspecified atom stereocenters. The minimum atomic E-state index is -1.36. The van der Waals surface area contributed by atoms with Crippen LogP contribution in [0, 0.1) is 0 Å². The fourth-order valence-electron chi connectivity index (χ4n) is 4.16. The summed E-state index contributed by atoms with van der Waals surface area (Å²) in [4.78, 5) is 66.9. The lowest BCUT2D eigenvalue weighted by molar-refractivity contribution is -0.142.